The van der Waals surface area contributed by atoms with E-state index < -0.39 is 11.6 Å². The van der Waals surface area contributed by atoms with Gasteiger partial charge in [-0.2, -0.15) is 0 Å². The molecule has 2 rings (SSSR count). The fraction of sp³-hybridized carbons (Fsp3) is 0.556. The number of carboxylic acids is 1. The lowest BCUT2D eigenvalue weighted by Gasteiger charge is -2.42. The van der Waals surface area contributed by atoms with E-state index in [4.69, 9.17) is 9.47 Å². The van der Waals surface area contributed by atoms with Crippen LogP contribution in [0.5, 0.6) is 0 Å². The van der Waals surface area contributed by atoms with Gasteiger partial charge in [0, 0.05) is 26.6 Å². The van der Waals surface area contributed by atoms with Crippen LogP contribution in [-0.4, -0.2) is 60.4 Å². The largest absolute Gasteiger partial charge is 0.478 e. The quantitative estimate of drug-likeness (QED) is 0.860. The zero-order chi connectivity index (χ0) is 17.7. The molecule has 0 aromatic heterocycles. The van der Waals surface area contributed by atoms with E-state index >= 15 is 0 Å². The van der Waals surface area contributed by atoms with Gasteiger partial charge in [-0.15, -0.1) is 0 Å². The number of methoxy groups -OCH3 is 1. The van der Waals surface area contributed by atoms with E-state index in [0.717, 1.165) is 0 Å². The average Bonchev–Trinajstić information content (AvgIpc) is 2.51. The molecule has 24 heavy (non-hydrogen) atoms. The summed E-state index contributed by atoms with van der Waals surface area (Å²) in [7, 11) is 1.61. The van der Waals surface area contributed by atoms with Crippen LogP contribution in [0.3, 0.4) is 0 Å². The second-order valence-electron chi connectivity index (χ2n) is 6.69. The molecule has 0 spiro atoms. The maximum Gasteiger partial charge on any atom is 0.335 e. The third-order valence-electron chi connectivity index (χ3n) is 4.04. The molecule has 0 aliphatic carbocycles. The molecule has 1 amide bonds. The van der Waals surface area contributed by atoms with E-state index in [1.165, 1.54) is 0 Å². The molecule has 0 bridgehead atoms. The van der Waals surface area contributed by atoms with Gasteiger partial charge < -0.3 is 19.5 Å². The predicted octanol–water partition coefficient (Wildman–Crippen LogP) is 1.97. The molecule has 6 heteroatoms. The highest BCUT2D eigenvalue weighted by Gasteiger charge is 2.35. The number of aromatic carboxylic acids is 1. The molecule has 1 aliphatic rings. The number of morpholine rings is 1. The number of hydrogen-bond donors (Lipinski definition) is 1. The van der Waals surface area contributed by atoms with Crippen LogP contribution in [0.2, 0.25) is 0 Å². The van der Waals surface area contributed by atoms with Gasteiger partial charge in [-0.25, -0.2) is 4.79 Å². The molecule has 1 aromatic carbocycles. The topological polar surface area (TPSA) is 76.1 Å². The van der Waals surface area contributed by atoms with Crippen LogP contribution >= 0.6 is 0 Å². The molecule has 1 unspecified atom stereocenters. The summed E-state index contributed by atoms with van der Waals surface area (Å²) in [6, 6.07) is 6.80. The first-order valence-corrected chi connectivity index (χ1v) is 8.08. The Labute approximate surface area is 142 Å². The number of carbonyl (C=O) groups is 2. The van der Waals surface area contributed by atoms with Crippen LogP contribution in [0.25, 0.3) is 0 Å². The second-order valence-corrected chi connectivity index (χ2v) is 6.69. The standard InChI is InChI=1S/C18H25NO5/c1-18(2)12-19(10-14(24-18)11-23-3)16(20)9-8-13-6-4-5-7-15(13)17(21)22/h4-7,14H,8-12H2,1-3H3,(H,21,22). The number of ether oxygens (including phenoxy) is 2. The first-order chi connectivity index (χ1) is 11.3. The number of rotatable bonds is 6. The highest BCUT2D eigenvalue weighted by Crippen LogP contribution is 2.22. The molecular formula is C18H25NO5. The van der Waals surface area contributed by atoms with Crippen molar-refractivity contribution in [2.24, 2.45) is 0 Å². The number of benzene rings is 1. The Morgan fingerprint density at radius 1 is 1.38 bits per heavy atom. The van der Waals surface area contributed by atoms with E-state index in [9.17, 15) is 14.7 Å². The summed E-state index contributed by atoms with van der Waals surface area (Å²) in [4.78, 5) is 25.6. The van der Waals surface area contributed by atoms with Gasteiger partial charge in [-0.05, 0) is 31.9 Å². The number of carbonyl (C=O) groups excluding carboxylic acids is 1. The predicted molar refractivity (Wildman–Crippen MR) is 89.1 cm³/mol. The van der Waals surface area contributed by atoms with Crippen LogP contribution < -0.4 is 0 Å². The summed E-state index contributed by atoms with van der Waals surface area (Å²) >= 11 is 0. The minimum Gasteiger partial charge on any atom is -0.478 e. The number of carboxylic acid groups (broad SMARTS) is 1. The first-order valence-electron chi connectivity index (χ1n) is 8.08. The molecule has 1 heterocycles. The lowest BCUT2D eigenvalue weighted by Crippen LogP contribution is -2.55. The van der Waals surface area contributed by atoms with Crippen molar-refractivity contribution in [1.29, 1.82) is 0 Å². The molecule has 1 aliphatic heterocycles. The average molecular weight is 335 g/mol. The van der Waals surface area contributed by atoms with Crippen LogP contribution in [0.15, 0.2) is 24.3 Å². The molecule has 1 atom stereocenters. The van der Waals surface area contributed by atoms with Gasteiger partial charge in [-0.3, -0.25) is 4.79 Å². The summed E-state index contributed by atoms with van der Waals surface area (Å²) in [6.45, 7) is 5.36. The number of aryl methyl sites for hydroxylation is 1. The molecule has 1 saturated heterocycles. The Hall–Kier alpha value is -1.92. The van der Waals surface area contributed by atoms with Crippen LogP contribution in [0, 0.1) is 0 Å². The molecule has 0 saturated carbocycles. The molecule has 1 aromatic rings. The SMILES string of the molecule is COCC1CN(C(=O)CCc2ccccc2C(=O)O)CC(C)(C)O1. The Morgan fingerprint density at radius 2 is 2.08 bits per heavy atom. The fourth-order valence-corrected chi connectivity index (χ4v) is 3.10. The van der Waals surface area contributed by atoms with E-state index in [0.29, 0.717) is 31.7 Å². The third kappa shape index (κ3) is 4.79. The van der Waals surface area contributed by atoms with Crippen LogP contribution in [0.1, 0.15) is 36.2 Å². The van der Waals surface area contributed by atoms with Crippen molar-refractivity contribution >= 4 is 11.9 Å². The van der Waals surface area contributed by atoms with E-state index in [1.54, 1.807) is 36.3 Å². The number of amides is 1. The van der Waals surface area contributed by atoms with Gasteiger partial charge in [0.1, 0.15) is 0 Å². The second kappa shape index (κ2) is 7.77. The lowest BCUT2D eigenvalue weighted by molar-refractivity contribution is -0.168. The minimum absolute atomic E-state index is 0.00710. The van der Waals surface area contributed by atoms with Gasteiger partial charge in [0.15, 0.2) is 0 Å². The van der Waals surface area contributed by atoms with Gasteiger partial charge >= 0.3 is 5.97 Å². The molecule has 0 radical (unpaired) electrons. The van der Waals surface area contributed by atoms with Crippen molar-refractivity contribution in [3.8, 4) is 0 Å². The highest BCUT2D eigenvalue weighted by molar-refractivity contribution is 5.89. The van der Waals surface area contributed by atoms with Crippen molar-refractivity contribution in [3.05, 3.63) is 35.4 Å². The van der Waals surface area contributed by atoms with Crippen molar-refractivity contribution in [3.63, 3.8) is 0 Å². The van der Waals surface area contributed by atoms with E-state index in [-0.39, 0.29) is 24.0 Å². The Balaban J connectivity index is 2.00. The zero-order valence-electron chi connectivity index (χ0n) is 14.4. The zero-order valence-corrected chi connectivity index (χ0v) is 14.4. The Kier molecular flexibility index (Phi) is 5.96. The minimum atomic E-state index is -0.967. The summed E-state index contributed by atoms with van der Waals surface area (Å²) in [6.07, 6.45) is 0.544. The van der Waals surface area contributed by atoms with Crippen LogP contribution in [-0.2, 0) is 20.7 Å². The molecule has 132 valence electrons. The van der Waals surface area contributed by atoms with Crippen molar-refractivity contribution in [2.45, 2.75) is 38.4 Å². The van der Waals surface area contributed by atoms with Gasteiger partial charge in [-0.1, -0.05) is 18.2 Å². The van der Waals surface area contributed by atoms with Crippen molar-refractivity contribution < 1.29 is 24.2 Å². The number of nitrogens with zero attached hydrogens (tertiary/aromatic N) is 1. The Morgan fingerprint density at radius 3 is 2.75 bits per heavy atom. The van der Waals surface area contributed by atoms with Gasteiger partial charge in [0.05, 0.1) is 23.9 Å². The normalized spacial score (nSPS) is 20.0. The third-order valence-corrected chi connectivity index (χ3v) is 4.04. The van der Waals surface area contributed by atoms with Crippen molar-refractivity contribution in [1.82, 2.24) is 4.90 Å². The summed E-state index contributed by atoms with van der Waals surface area (Å²) in [5.41, 5.74) is 0.514. The highest BCUT2D eigenvalue weighted by atomic mass is 16.5. The van der Waals surface area contributed by atoms with Gasteiger partial charge in [0.25, 0.3) is 0 Å². The summed E-state index contributed by atoms with van der Waals surface area (Å²) in [5.74, 6) is -0.960. The first kappa shape index (κ1) is 18.4. The van der Waals surface area contributed by atoms with Gasteiger partial charge in [0.2, 0.25) is 5.91 Å². The summed E-state index contributed by atoms with van der Waals surface area (Å²) in [5, 5.41) is 9.22. The van der Waals surface area contributed by atoms with E-state index in [1.807, 2.05) is 13.8 Å². The molecule has 1 N–H and O–H groups in total. The van der Waals surface area contributed by atoms with Crippen molar-refractivity contribution in [2.75, 3.05) is 26.8 Å². The maximum absolute atomic E-state index is 12.6. The lowest BCUT2D eigenvalue weighted by atomic mass is 10.0. The molecule has 6 nitrogen and oxygen atoms in total. The summed E-state index contributed by atoms with van der Waals surface area (Å²) < 4.78 is 11.1. The Bertz CT molecular complexity index is 599. The fourth-order valence-electron chi connectivity index (χ4n) is 3.10. The van der Waals surface area contributed by atoms with E-state index in [2.05, 4.69) is 0 Å². The molecular weight excluding hydrogens is 310 g/mol. The number of hydrogen-bond acceptors (Lipinski definition) is 4. The smallest absolute Gasteiger partial charge is 0.335 e. The monoisotopic (exact) mass is 335 g/mol. The molecule has 1 fully saturated rings. The maximum atomic E-state index is 12.6. The van der Waals surface area contributed by atoms with Crippen LogP contribution in [0.4, 0.5) is 0 Å².